The van der Waals surface area contributed by atoms with Crippen LogP contribution in [0.2, 0.25) is 0 Å². The van der Waals surface area contributed by atoms with Crippen LogP contribution in [-0.2, 0) is 0 Å². The molecule has 0 fully saturated rings. The van der Waals surface area contributed by atoms with Crippen LogP contribution in [0.3, 0.4) is 0 Å². The first kappa shape index (κ1) is 25.5. The number of fused-ring (bicyclic) bond motifs is 6. The molecule has 0 saturated heterocycles. The molecule has 0 amide bonds. The average Bonchev–Trinajstić information content (AvgIpc) is 3.45. The summed E-state index contributed by atoms with van der Waals surface area (Å²) in [6.45, 7) is 0. The van der Waals surface area contributed by atoms with Crippen molar-refractivity contribution in [2.45, 2.75) is 0 Å². The lowest BCUT2D eigenvalue weighted by Crippen LogP contribution is -1.94. The maximum Gasteiger partial charge on any atom is 0.0701 e. The molecule has 0 spiro atoms. The maximum absolute atomic E-state index is 4.52. The van der Waals surface area contributed by atoms with Crippen molar-refractivity contribution in [3.63, 3.8) is 0 Å². The molecule has 0 N–H and O–H groups in total. The molecule has 45 heavy (non-hydrogen) atoms. The van der Waals surface area contributed by atoms with E-state index in [1.807, 2.05) is 24.4 Å². The van der Waals surface area contributed by atoms with Gasteiger partial charge in [0.25, 0.3) is 0 Å². The van der Waals surface area contributed by atoms with Crippen molar-refractivity contribution in [2.75, 3.05) is 0 Å². The summed E-state index contributed by atoms with van der Waals surface area (Å²) < 4.78 is 2.36. The molecule has 0 aliphatic rings. The number of benzene rings is 7. The van der Waals surface area contributed by atoms with Gasteiger partial charge in [-0.25, -0.2) is 0 Å². The van der Waals surface area contributed by atoms with Gasteiger partial charge in [-0.1, -0.05) is 115 Å². The van der Waals surface area contributed by atoms with Crippen LogP contribution in [0, 0.1) is 0 Å². The molecule has 0 atom stereocenters. The van der Waals surface area contributed by atoms with Crippen LogP contribution in [0.1, 0.15) is 0 Å². The molecule has 2 heteroatoms. The van der Waals surface area contributed by atoms with Crippen LogP contribution in [0.4, 0.5) is 0 Å². The quantitative estimate of drug-likeness (QED) is 0.192. The van der Waals surface area contributed by atoms with Gasteiger partial charge in [-0.3, -0.25) is 4.98 Å². The summed E-state index contributed by atoms with van der Waals surface area (Å²) in [7, 11) is 0. The van der Waals surface area contributed by atoms with Crippen LogP contribution < -0.4 is 0 Å². The van der Waals surface area contributed by atoms with E-state index in [0.29, 0.717) is 0 Å². The van der Waals surface area contributed by atoms with Crippen molar-refractivity contribution in [1.82, 2.24) is 9.55 Å². The number of para-hydroxylation sites is 1. The molecule has 2 aromatic heterocycles. The molecule has 9 rings (SSSR count). The standard InChI is InChI=1S/C43H28N2/c1-2-8-37-31(7-1)16-17-35-27-33(20-24-38(35)37)29-12-14-30(15-13-29)34-21-25-43-40(28-34)39-9-3-4-11-42(39)45(43)36-22-18-32(19-23-36)41-10-5-6-26-44-41/h1-28H. The number of nitrogens with zero attached hydrogens (tertiary/aromatic N) is 2. The van der Waals surface area contributed by atoms with E-state index in [1.54, 1.807) is 0 Å². The van der Waals surface area contributed by atoms with E-state index in [2.05, 4.69) is 155 Å². The zero-order chi connectivity index (χ0) is 29.7. The molecule has 210 valence electrons. The number of aromatic nitrogens is 2. The Labute approximate surface area is 261 Å². The van der Waals surface area contributed by atoms with Gasteiger partial charge in [0.1, 0.15) is 0 Å². The zero-order valence-electron chi connectivity index (χ0n) is 24.6. The van der Waals surface area contributed by atoms with Gasteiger partial charge in [-0.05, 0) is 92.3 Å². The van der Waals surface area contributed by atoms with E-state index in [1.165, 1.54) is 65.6 Å². The Bertz CT molecular complexity index is 2500. The summed E-state index contributed by atoms with van der Waals surface area (Å²) in [5.74, 6) is 0. The Morgan fingerprint density at radius 2 is 0.956 bits per heavy atom. The monoisotopic (exact) mass is 572 g/mol. The topological polar surface area (TPSA) is 17.8 Å². The first-order valence-corrected chi connectivity index (χ1v) is 15.4. The molecule has 0 saturated carbocycles. The number of rotatable bonds is 4. The van der Waals surface area contributed by atoms with E-state index in [0.717, 1.165) is 16.9 Å². The molecule has 0 unspecified atom stereocenters. The first-order chi connectivity index (χ1) is 22.3. The fourth-order valence-corrected chi connectivity index (χ4v) is 6.79. The second-order valence-electron chi connectivity index (χ2n) is 11.6. The van der Waals surface area contributed by atoms with Crippen LogP contribution in [0.25, 0.3) is 82.5 Å². The van der Waals surface area contributed by atoms with Gasteiger partial charge in [-0.2, -0.15) is 0 Å². The fourth-order valence-electron chi connectivity index (χ4n) is 6.79. The van der Waals surface area contributed by atoms with E-state index in [4.69, 9.17) is 0 Å². The smallest absolute Gasteiger partial charge is 0.0701 e. The minimum Gasteiger partial charge on any atom is -0.309 e. The predicted molar refractivity (Wildman–Crippen MR) is 190 cm³/mol. The summed E-state index contributed by atoms with van der Waals surface area (Å²) >= 11 is 0. The van der Waals surface area contributed by atoms with Crippen molar-refractivity contribution in [2.24, 2.45) is 0 Å². The number of pyridine rings is 1. The van der Waals surface area contributed by atoms with E-state index in [-0.39, 0.29) is 0 Å². The lowest BCUT2D eigenvalue weighted by atomic mass is 9.96. The summed E-state index contributed by atoms with van der Waals surface area (Å²) in [6, 6.07) is 59.1. The molecule has 2 heterocycles. The van der Waals surface area contributed by atoms with Crippen molar-refractivity contribution < 1.29 is 0 Å². The fraction of sp³-hybridized carbons (Fsp3) is 0. The Kier molecular flexibility index (Phi) is 5.85. The van der Waals surface area contributed by atoms with Crippen LogP contribution >= 0.6 is 0 Å². The average molecular weight is 573 g/mol. The van der Waals surface area contributed by atoms with Crippen LogP contribution in [0.15, 0.2) is 170 Å². The van der Waals surface area contributed by atoms with Gasteiger partial charge in [0, 0.05) is 28.2 Å². The highest BCUT2D eigenvalue weighted by Crippen LogP contribution is 2.36. The van der Waals surface area contributed by atoms with Gasteiger partial charge in [0.05, 0.1) is 16.7 Å². The summed E-state index contributed by atoms with van der Waals surface area (Å²) in [6.07, 6.45) is 1.84. The molecule has 0 radical (unpaired) electrons. The number of hydrogen-bond donors (Lipinski definition) is 0. The summed E-state index contributed by atoms with van der Waals surface area (Å²) in [5.41, 5.74) is 10.5. The highest BCUT2D eigenvalue weighted by atomic mass is 15.0. The van der Waals surface area contributed by atoms with Gasteiger partial charge in [-0.15, -0.1) is 0 Å². The second kappa shape index (κ2) is 10.3. The van der Waals surface area contributed by atoms with Gasteiger partial charge >= 0.3 is 0 Å². The van der Waals surface area contributed by atoms with Gasteiger partial charge in [0.15, 0.2) is 0 Å². The zero-order valence-corrected chi connectivity index (χ0v) is 24.6. The van der Waals surface area contributed by atoms with Crippen LogP contribution in [-0.4, -0.2) is 9.55 Å². The Morgan fingerprint density at radius 1 is 0.356 bits per heavy atom. The first-order valence-electron chi connectivity index (χ1n) is 15.4. The third kappa shape index (κ3) is 4.30. The predicted octanol–water partition coefficient (Wildman–Crippen LogP) is 11.5. The number of hydrogen-bond acceptors (Lipinski definition) is 1. The maximum atomic E-state index is 4.52. The molecular formula is C43H28N2. The van der Waals surface area contributed by atoms with Crippen molar-refractivity contribution in [3.8, 4) is 39.2 Å². The van der Waals surface area contributed by atoms with Crippen LogP contribution in [0.5, 0.6) is 0 Å². The Balaban J connectivity index is 1.08. The van der Waals surface area contributed by atoms with Gasteiger partial charge < -0.3 is 4.57 Å². The lowest BCUT2D eigenvalue weighted by molar-refractivity contribution is 1.18. The second-order valence-corrected chi connectivity index (χ2v) is 11.6. The lowest BCUT2D eigenvalue weighted by Gasteiger charge is -2.10. The molecule has 2 nitrogen and oxygen atoms in total. The third-order valence-electron chi connectivity index (χ3n) is 9.06. The third-order valence-corrected chi connectivity index (χ3v) is 9.06. The summed E-state index contributed by atoms with van der Waals surface area (Å²) in [5, 5.41) is 7.65. The molecular weight excluding hydrogens is 544 g/mol. The Hall–Kier alpha value is -5.99. The minimum atomic E-state index is 0.983. The molecule has 0 aliphatic heterocycles. The van der Waals surface area contributed by atoms with Crippen molar-refractivity contribution in [3.05, 3.63) is 170 Å². The Morgan fingerprint density at radius 3 is 1.76 bits per heavy atom. The molecule has 0 bridgehead atoms. The molecule has 9 aromatic rings. The summed E-state index contributed by atoms with van der Waals surface area (Å²) in [4.78, 5) is 4.52. The normalized spacial score (nSPS) is 11.6. The molecule has 0 aliphatic carbocycles. The molecule has 7 aromatic carbocycles. The highest BCUT2D eigenvalue weighted by molar-refractivity contribution is 6.11. The highest BCUT2D eigenvalue weighted by Gasteiger charge is 2.14. The van der Waals surface area contributed by atoms with E-state index < -0.39 is 0 Å². The SMILES string of the molecule is c1ccc(-c2ccc(-n3c4ccccc4c4cc(-c5ccc(-c6ccc7c(ccc8ccccc87)c6)cc5)ccc43)cc2)nc1. The van der Waals surface area contributed by atoms with Crippen molar-refractivity contribution in [1.29, 1.82) is 0 Å². The van der Waals surface area contributed by atoms with Gasteiger partial charge in [0.2, 0.25) is 0 Å². The largest absolute Gasteiger partial charge is 0.309 e. The minimum absolute atomic E-state index is 0.983. The van der Waals surface area contributed by atoms with E-state index in [9.17, 15) is 0 Å². The van der Waals surface area contributed by atoms with Crippen molar-refractivity contribution >= 4 is 43.4 Å². The van der Waals surface area contributed by atoms with E-state index >= 15 is 0 Å².